The number of para-hydroxylation sites is 1. The van der Waals surface area contributed by atoms with E-state index in [1.54, 1.807) is 18.2 Å². The van der Waals surface area contributed by atoms with E-state index in [0.29, 0.717) is 16.3 Å². The number of rotatable bonds is 4. The summed E-state index contributed by atoms with van der Waals surface area (Å²) in [5.74, 6) is -1.12. The second-order valence-corrected chi connectivity index (χ2v) is 5.47. The Balaban J connectivity index is 2.63. The zero-order chi connectivity index (χ0) is 14.9. The van der Waals surface area contributed by atoms with E-state index in [-0.39, 0.29) is 16.5 Å². The van der Waals surface area contributed by atoms with Crippen molar-refractivity contribution in [2.75, 3.05) is 0 Å². The molecule has 0 aliphatic rings. The van der Waals surface area contributed by atoms with Gasteiger partial charge in [0.05, 0.1) is 16.2 Å². The molecule has 0 bridgehead atoms. The molecule has 20 heavy (non-hydrogen) atoms. The Bertz CT molecular complexity index is 679. The Morgan fingerprint density at radius 3 is 2.55 bits per heavy atom. The molecule has 104 valence electrons. The minimum absolute atomic E-state index is 0.0612. The minimum Gasteiger partial charge on any atom is -0.477 e. The maximum atomic E-state index is 11.2. The lowest BCUT2D eigenvalue weighted by Crippen LogP contribution is -2.00. The molecule has 1 aromatic carbocycles. The van der Waals surface area contributed by atoms with Crippen LogP contribution in [-0.4, -0.2) is 21.0 Å². The summed E-state index contributed by atoms with van der Waals surface area (Å²) in [4.78, 5) is 26.2. The van der Waals surface area contributed by atoms with Gasteiger partial charge in [-0.2, -0.15) is 0 Å². The number of nitro groups is 1. The quantitative estimate of drug-likeness (QED) is 0.687. The summed E-state index contributed by atoms with van der Waals surface area (Å²) in [6, 6.07) is 6.19. The SMILES string of the molecule is CC(C)c1nc(-c2ccccc2[N+](=O)[O-])sc1C(=O)O. The molecule has 2 rings (SSSR count). The monoisotopic (exact) mass is 292 g/mol. The van der Waals surface area contributed by atoms with Crippen LogP contribution >= 0.6 is 11.3 Å². The van der Waals surface area contributed by atoms with Gasteiger partial charge in [-0.3, -0.25) is 10.1 Å². The minimum atomic E-state index is -1.06. The summed E-state index contributed by atoms with van der Waals surface area (Å²) in [7, 11) is 0. The molecule has 7 heteroatoms. The van der Waals surface area contributed by atoms with Crippen LogP contribution in [0.1, 0.15) is 35.1 Å². The van der Waals surface area contributed by atoms with Gasteiger partial charge in [0.15, 0.2) is 0 Å². The van der Waals surface area contributed by atoms with Gasteiger partial charge in [0.1, 0.15) is 9.88 Å². The molecular weight excluding hydrogens is 280 g/mol. The van der Waals surface area contributed by atoms with Crippen LogP contribution in [0.2, 0.25) is 0 Å². The van der Waals surface area contributed by atoms with Gasteiger partial charge in [-0.05, 0) is 12.0 Å². The van der Waals surface area contributed by atoms with E-state index in [0.717, 1.165) is 11.3 Å². The van der Waals surface area contributed by atoms with Crippen LogP contribution in [0.3, 0.4) is 0 Å². The van der Waals surface area contributed by atoms with E-state index in [4.69, 9.17) is 0 Å². The molecule has 2 aromatic rings. The molecule has 1 heterocycles. The number of carbonyl (C=O) groups is 1. The third kappa shape index (κ3) is 2.53. The van der Waals surface area contributed by atoms with Crippen LogP contribution in [0.4, 0.5) is 5.69 Å². The second kappa shape index (κ2) is 5.38. The molecular formula is C13H12N2O4S. The van der Waals surface area contributed by atoms with Gasteiger partial charge in [-0.25, -0.2) is 9.78 Å². The molecule has 6 nitrogen and oxygen atoms in total. The van der Waals surface area contributed by atoms with Gasteiger partial charge < -0.3 is 5.11 Å². The zero-order valence-electron chi connectivity index (χ0n) is 10.9. The van der Waals surface area contributed by atoms with E-state index >= 15 is 0 Å². The third-order valence-electron chi connectivity index (χ3n) is 2.73. The van der Waals surface area contributed by atoms with E-state index in [2.05, 4.69) is 4.98 Å². The van der Waals surface area contributed by atoms with Gasteiger partial charge in [0.25, 0.3) is 5.69 Å². The van der Waals surface area contributed by atoms with E-state index in [1.165, 1.54) is 6.07 Å². The molecule has 0 saturated carbocycles. The van der Waals surface area contributed by atoms with E-state index < -0.39 is 10.9 Å². The summed E-state index contributed by atoms with van der Waals surface area (Å²) in [6.45, 7) is 3.68. The maximum absolute atomic E-state index is 11.2. The van der Waals surface area contributed by atoms with E-state index in [9.17, 15) is 20.0 Å². The Morgan fingerprint density at radius 2 is 2.05 bits per heavy atom. The molecule has 0 radical (unpaired) electrons. The summed E-state index contributed by atoms with van der Waals surface area (Å²) in [6.07, 6.45) is 0. The van der Waals surface area contributed by atoms with Gasteiger partial charge in [0, 0.05) is 6.07 Å². The first kappa shape index (κ1) is 14.1. The van der Waals surface area contributed by atoms with Crippen LogP contribution in [0, 0.1) is 10.1 Å². The predicted molar refractivity (Wildman–Crippen MR) is 75.3 cm³/mol. The number of aromatic nitrogens is 1. The van der Waals surface area contributed by atoms with Crippen molar-refractivity contribution in [1.82, 2.24) is 4.98 Å². The van der Waals surface area contributed by atoms with Crippen molar-refractivity contribution in [2.24, 2.45) is 0 Å². The highest BCUT2D eigenvalue weighted by atomic mass is 32.1. The fourth-order valence-electron chi connectivity index (χ4n) is 1.81. The Morgan fingerprint density at radius 1 is 1.40 bits per heavy atom. The fourth-order valence-corrected chi connectivity index (χ4v) is 2.90. The van der Waals surface area contributed by atoms with Gasteiger partial charge >= 0.3 is 5.97 Å². The van der Waals surface area contributed by atoms with Crippen LogP contribution in [-0.2, 0) is 0 Å². The summed E-state index contributed by atoms with van der Waals surface area (Å²) in [5, 5.41) is 20.6. The first-order chi connectivity index (χ1) is 9.41. The van der Waals surface area contributed by atoms with Crippen LogP contribution < -0.4 is 0 Å². The number of nitro benzene ring substituents is 1. The maximum Gasteiger partial charge on any atom is 0.347 e. The largest absolute Gasteiger partial charge is 0.477 e. The topological polar surface area (TPSA) is 93.3 Å². The van der Waals surface area contributed by atoms with Crippen molar-refractivity contribution < 1.29 is 14.8 Å². The average Bonchev–Trinajstić information content (AvgIpc) is 2.83. The third-order valence-corrected chi connectivity index (χ3v) is 3.82. The highest BCUT2D eigenvalue weighted by Gasteiger charge is 2.24. The lowest BCUT2D eigenvalue weighted by molar-refractivity contribution is -0.384. The van der Waals surface area contributed by atoms with Crippen molar-refractivity contribution in [1.29, 1.82) is 0 Å². The number of aromatic carboxylic acids is 1. The predicted octanol–water partition coefficient (Wildman–Crippen LogP) is 3.54. The van der Waals surface area contributed by atoms with Gasteiger partial charge in [-0.1, -0.05) is 26.0 Å². The Kier molecular flexibility index (Phi) is 3.80. The van der Waals surface area contributed by atoms with Crippen molar-refractivity contribution in [3.8, 4) is 10.6 Å². The second-order valence-electron chi connectivity index (χ2n) is 4.47. The first-order valence-corrected chi connectivity index (χ1v) is 6.71. The molecule has 0 atom stereocenters. The normalized spacial score (nSPS) is 10.8. The number of thiazole rings is 1. The number of carboxylic acids is 1. The summed E-state index contributed by atoms with van der Waals surface area (Å²) in [5.41, 5.74) is 0.723. The number of nitrogens with zero attached hydrogens (tertiary/aromatic N) is 2. The first-order valence-electron chi connectivity index (χ1n) is 5.89. The summed E-state index contributed by atoms with van der Waals surface area (Å²) < 4.78 is 0. The van der Waals surface area contributed by atoms with Crippen molar-refractivity contribution in [2.45, 2.75) is 19.8 Å². The van der Waals surface area contributed by atoms with Crippen molar-refractivity contribution in [3.63, 3.8) is 0 Å². The standard InChI is InChI=1S/C13H12N2O4S/c1-7(2)10-11(13(16)17)20-12(14-10)8-5-3-4-6-9(8)15(18)19/h3-7H,1-2H3,(H,16,17). The van der Waals surface area contributed by atoms with Crippen LogP contribution in [0.5, 0.6) is 0 Å². The van der Waals surface area contributed by atoms with E-state index in [1.807, 2.05) is 13.8 Å². The number of hydrogen-bond acceptors (Lipinski definition) is 5. The number of hydrogen-bond donors (Lipinski definition) is 1. The number of carboxylic acid groups (broad SMARTS) is 1. The molecule has 0 spiro atoms. The van der Waals surface area contributed by atoms with Gasteiger partial charge in [-0.15, -0.1) is 11.3 Å². The molecule has 0 saturated heterocycles. The zero-order valence-corrected chi connectivity index (χ0v) is 11.7. The van der Waals surface area contributed by atoms with Gasteiger partial charge in [0.2, 0.25) is 0 Å². The number of benzene rings is 1. The van der Waals surface area contributed by atoms with Crippen molar-refractivity contribution >= 4 is 23.0 Å². The highest BCUT2D eigenvalue weighted by Crippen LogP contribution is 2.36. The van der Waals surface area contributed by atoms with Crippen LogP contribution in [0.15, 0.2) is 24.3 Å². The lowest BCUT2D eigenvalue weighted by atomic mass is 10.1. The average molecular weight is 292 g/mol. The molecule has 0 aliphatic carbocycles. The molecule has 0 amide bonds. The highest BCUT2D eigenvalue weighted by molar-refractivity contribution is 7.17. The molecule has 0 fully saturated rings. The Hall–Kier alpha value is -2.28. The van der Waals surface area contributed by atoms with Crippen molar-refractivity contribution in [3.05, 3.63) is 45.0 Å². The molecule has 1 aromatic heterocycles. The molecule has 1 N–H and O–H groups in total. The molecule has 0 aliphatic heterocycles. The summed E-state index contributed by atoms with van der Waals surface area (Å²) >= 11 is 0.966. The fraction of sp³-hybridized carbons (Fsp3) is 0.231. The lowest BCUT2D eigenvalue weighted by Gasteiger charge is -2.00. The van der Waals surface area contributed by atoms with Crippen LogP contribution in [0.25, 0.3) is 10.6 Å². The smallest absolute Gasteiger partial charge is 0.347 e. The molecule has 0 unspecified atom stereocenters. The Labute approximate surface area is 118 Å².